The first-order valence-electron chi connectivity index (χ1n) is 7.67. The number of rotatable bonds is 7. The van der Waals surface area contributed by atoms with E-state index in [1.807, 2.05) is 30.5 Å². The van der Waals surface area contributed by atoms with Gasteiger partial charge in [0.15, 0.2) is 5.96 Å². The molecule has 5 heteroatoms. The van der Waals surface area contributed by atoms with Gasteiger partial charge in [-0.1, -0.05) is 44.4 Å². The monoisotopic (exact) mass is 412 g/mol. The average molecular weight is 412 g/mol. The highest BCUT2D eigenvalue weighted by Crippen LogP contribution is 2.16. The van der Waals surface area contributed by atoms with Crippen molar-refractivity contribution in [2.24, 2.45) is 10.7 Å². The smallest absolute Gasteiger partial charge is 0.188 e. The van der Waals surface area contributed by atoms with E-state index < -0.39 is 0 Å². The number of pyridine rings is 1. The number of benzene rings is 1. The van der Waals surface area contributed by atoms with Crippen LogP contribution in [0.4, 0.5) is 0 Å². The number of unbranched alkanes of at least 4 members (excludes halogenated alkanes) is 3. The maximum absolute atomic E-state index is 5.90. The molecule has 0 aliphatic heterocycles. The van der Waals surface area contributed by atoms with Gasteiger partial charge in [-0.2, -0.15) is 0 Å². The molecule has 0 atom stereocenters. The summed E-state index contributed by atoms with van der Waals surface area (Å²) >= 11 is 0. The van der Waals surface area contributed by atoms with Crippen LogP contribution in [0.2, 0.25) is 0 Å². The predicted octanol–water partition coefficient (Wildman–Crippen LogP) is 3.84. The van der Waals surface area contributed by atoms with Gasteiger partial charge in [0.05, 0.1) is 12.1 Å². The fourth-order valence-corrected chi connectivity index (χ4v) is 2.29. The van der Waals surface area contributed by atoms with Gasteiger partial charge in [-0.05, 0) is 24.1 Å². The molecule has 1 aromatic carbocycles. The first-order valence-corrected chi connectivity index (χ1v) is 7.67. The number of aromatic nitrogens is 1. The molecule has 0 unspecified atom stereocenters. The third-order valence-electron chi connectivity index (χ3n) is 3.50. The van der Waals surface area contributed by atoms with Crippen molar-refractivity contribution in [1.82, 2.24) is 10.3 Å². The van der Waals surface area contributed by atoms with Crippen molar-refractivity contribution >= 4 is 40.8 Å². The number of nitrogens with zero attached hydrogens (tertiary/aromatic N) is 2. The lowest BCUT2D eigenvalue weighted by Crippen LogP contribution is -2.32. The van der Waals surface area contributed by atoms with Crippen molar-refractivity contribution in [3.63, 3.8) is 0 Å². The maximum Gasteiger partial charge on any atom is 0.188 e. The van der Waals surface area contributed by atoms with E-state index >= 15 is 0 Å². The zero-order valence-electron chi connectivity index (χ0n) is 13.1. The minimum Gasteiger partial charge on any atom is -0.370 e. The summed E-state index contributed by atoms with van der Waals surface area (Å²) < 4.78 is 0. The van der Waals surface area contributed by atoms with Gasteiger partial charge in [-0.15, -0.1) is 24.0 Å². The molecule has 2 aromatic rings. The molecule has 22 heavy (non-hydrogen) atoms. The van der Waals surface area contributed by atoms with E-state index in [4.69, 9.17) is 5.73 Å². The molecule has 0 spiro atoms. The number of aliphatic imine (C=N–C) groups is 1. The van der Waals surface area contributed by atoms with Crippen LogP contribution >= 0.6 is 24.0 Å². The third kappa shape index (κ3) is 5.79. The summed E-state index contributed by atoms with van der Waals surface area (Å²) in [6.45, 7) is 3.69. The molecule has 0 aliphatic carbocycles. The zero-order valence-corrected chi connectivity index (χ0v) is 15.4. The van der Waals surface area contributed by atoms with Gasteiger partial charge >= 0.3 is 0 Å². The number of nitrogens with two attached hydrogens (primary N) is 1. The van der Waals surface area contributed by atoms with Gasteiger partial charge in [0.1, 0.15) is 0 Å². The predicted molar refractivity (Wildman–Crippen MR) is 105 cm³/mol. The number of guanidine groups is 1. The Kier molecular flexibility index (Phi) is 8.81. The lowest BCUT2D eigenvalue weighted by atomic mass is 10.1. The number of hydrogen-bond acceptors (Lipinski definition) is 2. The van der Waals surface area contributed by atoms with E-state index in [0.717, 1.165) is 29.4 Å². The highest BCUT2D eigenvalue weighted by molar-refractivity contribution is 14.0. The summed E-state index contributed by atoms with van der Waals surface area (Å²) in [5.41, 5.74) is 8.05. The van der Waals surface area contributed by atoms with E-state index in [0.29, 0.717) is 12.5 Å². The summed E-state index contributed by atoms with van der Waals surface area (Å²) in [6, 6.07) is 10.1. The highest BCUT2D eigenvalue weighted by atomic mass is 127. The summed E-state index contributed by atoms with van der Waals surface area (Å²) in [5.74, 6) is 0.521. The van der Waals surface area contributed by atoms with Crippen molar-refractivity contribution in [2.75, 3.05) is 6.54 Å². The van der Waals surface area contributed by atoms with Crippen molar-refractivity contribution in [3.05, 3.63) is 42.1 Å². The third-order valence-corrected chi connectivity index (χ3v) is 3.50. The van der Waals surface area contributed by atoms with Gasteiger partial charge in [0.2, 0.25) is 0 Å². The Balaban J connectivity index is 0.00000242. The van der Waals surface area contributed by atoms with E-state index in [-0.39, 0.29) is 24.0 Å². The summed E-state index contributed by atoms with van der Waals surface area (Å²) in [4.78, 5) is 8.77. The Morgan fingerprint density at radius 3 is 2.82 bits per heavy atom. The zero-order chi connectivity index (χ0) is 14.9. The molecule has 0 aliphatic rings. The minimum absolute atomic E-state index is 0. The van der Waals surface area contributed by atoms with E-state index in [1.165, 1.54) is 19.3 Å². The Morgan fingerprint density at radius 2 is 2.00 bits per heavy atom. The molecule has 0 bridgehead atoms. The molecular formula is C17H25IN4. The normalized spacial score (nSPS) is 11.2. The second-order valence-electron chi connectivity index (χ2n) is 5.18. The second kappa shape index (κ2) is 10.4. The fourth-order valence-electron chi connectivity index (χ4n) is 2.29. The average Bonchev–Trinajstić information content (AvgIpc) is 2.52. The molecular weight excluding hydrogens is 387 g/mol. The molecule has 120 valence electrons. The molecule has 0 amide bonds. The van der Waals surface area contributed by atoms with Crippen molar-refractivity contribution < 1.29 is 0 Å². The van der Waals surface area contributed by atoms with Crippen LogP contribution in [0.3, 0.4) is 0 Å². The van der Waals surface area contributed by atoms with Crippen LogP contribution in [0.1, 0.15) is 38.2 Å². The summed E-state index contributed by atoms with van der Waals surface area (Å²) in [5, 5.41) is 4.31. The molecule has 1 aromatic heterocycles. The van der Waals surface area contributed by atoms with Crippen LogP contribution in [0, 0.1) is 0 Å². The Hall–Kier alpha value is -1.37. The summed E-state index contributed by atoms with van der Waals surface area (Å²) in [7, 11) is 0. The van der Waals surface area contributed by atoms with Gasteiger partial charge in [-0.3, -0.25) is 4.98 Å². The minimum atomic E-state index is 0. The topological polar surface area (TPSA) is 63.3 Å². The lowest BCUT2D eigenvalue weighted by molar-refractivity contribution is 0.652. The maximum atomic E-state index is 5.90. The Morgan fingerprint density at radius 1 is 1.18 bits per heavy atom. The molecule has 4 nitrogen and oxygen atoms in total. The fraction of sp³-hybridized carbons (Fsp3) is 0.412. The Labute approximate surface area is 149 Å². The molecule has 3 N–H and O–H groups in total. The first-order chi connectivity index (χ1) is 10.3. The molecule has 0 fully saturated rings. The first kappa shape index (κ1) is 18.7. The molecule has 2 rings (SSSR count). The van der Waals surface area contributed by atoms with Gasteiger partial charge in [-0.25, -0.2) is 4.99 Å². The SMILES string of the molecule is CCCCCCNC(N)=NCc1ccnc2ccccc12.I. The van der Waals surface area contributed by atoms with Crippen LogP contribution in [-0.2, 0) is 6.54 Å². The van der Waals surface area contributed by atoms with Crippen molar-refractivity contribution in [1.29, 1.82) is 0 Å². The number of fused-ring (bicyclic) bond motifs is 1. The molecule has 1 heterocycles. The van der Waals surface area contributed by atoms with E-state index in [2.05, 4.69) is 28.3 Å². The van der Waals surface area contributed by atoms with Crippen LogP contribution in [0.5, 0.6) is 0 Å². The standard InChI is InChI=1S/C17H24N4.HI/c1-2-3-4-7-11-20-17(18)21-13-14-10-12-19-16-9-6-5-8-15(14)16;/h5-6,8-10,12H,2-4,7,11,13H2,1H3,(H3,18,20,21);1H. The largest absolute Gasteiger partial charge is 0.370 e. The summed E-state index contributed by atoms with van der Waals surface area (Å²) in [6.07, 6.45) is 6.73. The number of hydrogen-bond donors (Lipinski definition) is 2. The van der Waals surface area contributed by atoms with E-state index in [1.54, 1.807) is 0 Å². The van der Waals surface area contributed by atoms with Gasteiger partial charge in [0, 0.05) is 18.1 Å². The quantitative estimate of drug-likeness (QED) is 0.314. The van der Waals surface area contributed by atoms with Crippen molar-refractivity contribution in [3.8, 4) is 0 Å². The molecule has 0 radical (unpaired) electrons. The van der Waals surface area contributed by atoms with Crippen LogP contribution in [0.25, 0.3) is 10.9 Å². The number of halogens is 1. The van der Waals surface area contributed by atoms with Gasteiger partial charge in [0.25, 0.3) is 0 Å². The van der Waals surface area contributed by atoms with E-state index in [9.17, 15) is 0 Å². The number of para-hydroxylation sites is 1. The second-order valence-corrected chi connectivity index (χ2v) is 5.18. The highest BCUT2D eigenvalue weighted by Gasteiger charge is 2.00. The van der Waals surface area contributed by atoms with Crippen LogP contribution in [-0.4, -0.2) is 17.5 Å². The van der Waals surface area contributed by atoms with Crippen LogP contribution in [0.15, 0.2) is 41.5 Å². The van der Waals surface area contributed by atoms with Crippen molar-refractivity contribution in [2.45, 2.75) is 39.2 Å². The van der Waals surface area contributed by atoms with Crippen LogP contribution < -0.4 is 11.1 Å². The molecule has 0 saturated carbocycles. The molecule has 0 saturated heterocycles. The number of nitrogens with one attached hydrogen (secondary N) is 1. The Bertz CT molecular complexity index is 593. The van der Waals surface area contributed by atoms with Gasteiger partial charge < -0.3 is 11.1 Å². The lowest BCUT2D eigenvalue weighted by Gasteiger charge is -2.06.